The molecule has 0 saturated heterocycles. The van der Waals surface area contributed by atoms with E-state index in [1.54, 1.807) is 0 Å². The van der Waals surface area contributed by atoms with E-state index in [2.05, 4.69) is 20.5 Å². The van der Waals surface area contributed by atoms with Crippen LogP contribution >= 0.6 is 11.6 Å². The van der Waals surface area contributed by atoms with Crippen LogP contribution in [0.4, 0.5) is 11.6 Å². The van der Waals surface area contributed by atoms with Crippen LogP contribution in [0.2, 0.25) is 5.02 Å². The van der Waals surface area contributed by atoms with Crippen LogP contribution in [-0.4, -0.2) is 15.7 Å². The summed E-state index contributed by atoms with van der Waals surface area (Å²) in [6.07, 6.45) is 0. The van der Waals surface area contributed by atoms with Crippen LogP contribution in [0, 0.1) is 0 Å². The zero-order chi connectivity index (χ0) is 20.9. The predicted octanol–water partition coefficient (Wildman–Crippen LogP) is 5.88. The minimum Gasteiger partial charge on any atom is -0.399 e. The number of anilines is 2. The van der Waals surface area contributed by atoms with Crippen LogP contribution in [0.25, 0.3) is 22.5 Å². The highest BCUT2D eigenvalue weighted by atomic mass is 35.5. The monoisotopic (exact) mass is 413 g/mol. The summed E-state index contributed by atoms with van der Waals surface area (Å²) in [5.74, 6) is 0.407. The second-order valence-electron chi connectivity index (χ2n) is 6.77. The quantitative estimate of drug-likeness (QED) is 0.243. The number of halogens is 1. The summed E-state index contributed by atoms with van der Waals surface area (Å²) in [5, 5.41) is 5.13. The van der Waals surface area contributed by atoms with Gasteiger partial charge in [-0.2, -0.15) is 5.10 Å². The fourth-order valence-electron chi connectivity index (χ4n) is 2.98. The maximum atomic E-state index is 6.04. The van der Waals surface area contributed by atoms with Crippen molar-refractivity contribution in [1.29, 1.82) is 0 Å². The Morgan fingerprint density at radius 3 is 2.17 bits per heavy atom. The number of nitrogen functional groups attached to an aromatic ring is 1. The Balaban J connectivity index is 1.72. The van der Waals surface area contributed by atoms with Gasteiger partial charge in [0.1, 0.15) is 0 Å². The van der Waals surface area contributed by atoms with E-state index < -0.39 is 0 Å². The van der Waals surface area contributed by atoms with Gasteiger partial charge in [-0.05, 0) is 42.8 Å². The number of hydrogen-bond acceptors (Lipinski definition) is 5. The smallest absolute Gasteiger partial charge is 0.244 e. The van der Waals surface area contributed by atoms with E-state index in [9.17, 15) is 0 Å². The van der Waals surface area contributed by atoms with Crippen LogP contribution in [0.3, 0.4) is 0 Å². The maximum absolute atomic E-state index is 6.04. The zero-order valence-corrected chi connectivity index (χ0v) is 17.1. The molecule has 0 spiro atoms. The molecule has 30 heavy (non-hydrogen) atoms. The Morgan fingerprint density at radius 1 is 0.833 bits per heavy atom. The fraction of sp³-hybridized carbons (Fsp3) is 0.0417. The number of hydrogen-bond donors (Lipinski definition) is 2. The molecule has 0 radical (unpaired) electrons. The van der Waals surface area contributed by atoms with E-state index in [0.717, 1.165) is 33.8 Å². The first-order chi connectivity index (χ1) is 14.6. The van der Waals surface area contributed by atoms with Gasteiger partial charge >= 0.3 is 0 Å². The normalized spacial score (nSPS) is 11.3. The summed E-state index contributed by atoms with van der Waals surface area (Å²) in [7, 11) is 0. The molecule has 4 rings (SSSR count). The Labute approximate surface area is 180 Å². The number of hydrazone groups is 1. The molecular formula is C24H20ClN5. The average molecular weight is 414 g/mol. The molecule has 0 amide bonds. The van der Waals surface area contributed by atoms with Crippen LogP contribution in [-0.2, 0) is 0 Å². The van der Waals surface area contributed by atoms with Gasteiger partial charge in [0.05, 0.1) is 17.1 Å². The summed E-state index contributed by atoms with van der Waals surface area (Å²) >= 11 is 6.04. The molecule has 0 fully saturated rings. The summed E-state index contributed by atoms with van der Waals surface area (Å²) in [6, 6.07) is 27.0. The highest BCUT2D eigenvalue weighted by Crippen LogP contribution is 2.26. The Hall–Kier alpha value is -3.70. The van der Waals surface area contributed by atoms with Crippen LogP contribution in [0.1, 0.15) is 12.5 Å². The van der Waals surface area contributed by atoms with Gasteiger partial charge in [-0.1, -0.05) is 66.2 Å². The molecular weight excluding hydrogens is 394 g/mol. The summed E-state index contributed by atoms with van der Waals surface area (Å²) < 4.78 is 0. The SMILES string of the molecule is CC(=NNc1nc(-c2ccccc2)cc(-c2ccc(Cl)cc2)n1)c1cccc(N)c1. The van der Waals surface area contributed by atoms with Crippen molar-refractivity contribution in [2.45, 2.75) is 6.92 Å². The molecule has 3 aromatic carbocycles. The predicted molar refractivity (Wildman–Crippen MR) is 125 cm³/mol. The summed E-state index contributed by atoms with van der Waals surface area (Å²) in [4.78, 5) is 9.29. The molecule has 0 atom stereocenters. The summed E-state index contributed by atoms with van der Waals surface area (Å²) in [5.41, 5.74) is 14.8. The third-order valence-electron chi connectivity index (χ3n) is 4.56. The number of nitrogens with two attached hydrogens (primary N) is 1. The molecule has 1 aromatic heterocycles. The van der Waals surface area contributed by atoms with Gasteiger partial charge in [0.2, 0.25) is 5.95 Å². The minimum atomic E-state index is 0.407. The third-order valence-corrected chi connectivity index (χ3v) is 4.82. The lowest BCUT2D eigenvalue weighted by molar-refractivity contribution is 1.12. The number of aromatic nitrogens is 2. The molecule has 0 unspecified atom stereocenters. The first-order valence-electron chi connectivity index (χ1n) is 9.45. The van der Waals surface area contributed by atoms with Crippen LogP contribution < -0.4 is 11.2 Å². The third kappa shape index (κ3) is 4.64. The van der Waals surface area contributed by atoms with Crippen molar-refractivity contribution in [3.63, 3.8) is 0 Å². The van der Waals surface area contributed by atoms with Crippen molar-refractivity contribution in [3.8, 4) is 22.5 Å². The van der Waals surface area contributed by atoms with Gasteiger partial charge in [-0.15, -0.1) is 0 Å². The molecule has 0 saturated carbocycles. The lowest BCUT2D eigenvalue weighted by Gasteiger charge is -2.09. The first-order valence-corrected chi connectivity index (χ1v) is 9.83. The molecule has 0 aliphatic rings. The molecule has 0 aliphatic carbocycles. The van der Waals surface area contributed by atoms with E-state index >= 15 is 0 Å². The molecule has 3 N–H and O–H groups in total. The van der Waals surface area contributed by atoms with Crippen LogP contribution in [0.15, 0.2) is 90.0 Å². The zero-order valence-electron chi connectivity index (χ0n) is 16.4. The van der Waals surface area contributed by atoms with Crippen molar-refractivity contribution in [2.24, 2.45) is 5.10 Å². The number of nitrogens with zero attached hydrogens (tertiary/aromatic N) is 3. The van der Waals surface area contributed by atoms with Gasteiger partial charge < -0.3 is 5.73 Å². The van der Waals surface area contributed by atoms with E-state index in [1.807, 2.05) is 91.9 Å². The molecule has 0 bridgehead atoms. The average Bonchev–Trinajstić information content (AvgIpc) is 2.78. The van der Waals surface area contributed by atoms with Gasteiger partial charge in [-0.3, -0.25) is 0 Å². The van der Waals surface area contributed by atoms with E-state index in [-0.39, 0.29) is 0 Å². The Morgan fingerprint density at radius 2 is 1.50 bits per heavy atom. The van der Waals surface area contributed by atoms with Gasteiger partial charge in [0, 0.05) is 21.8 Å². The van der Waals surface area contributed by atoms with Crippen molar-refractivity contribution in [3.05, 3.63) is 95.5 Å². The van der Waals surface area contributed by atoms with Gasteiger partial charge in [0.25, 0.3) is 0 Å². The van der Waals surface area contributed by atoms with Crippen molar-refractivity contribution in [2.75, 3.05) is 11.2 Å². The van der Waals surface area contributed by atoms with E-state index in [1.165, 1.54) is 0 Å². The second-order valence-corrected chi connectivity index (χ2v) is 7.21. The summed E-state index contributed by atoms with van der Waals surface area (Å²) in [6.45, 7) is 1.91. The van der Waals surface area contributed by atoms with Gasteiger partial charge in [0.15, 0.2) is 0 Å². The Kier molecular flexibility index (Phi) is 5.72. The van der Waals surface area contributed by atoms with Crippen molar-refractivity contribution < 1.29 is 0 Å². The fourth-order valence-corrected chi connectivity index (χ4v) is 3.11. The topological polar surface area (TPSA) is 76.2 Å². The second kappa shape index (κ2) is 8.76. The standard InChI is InChI=1S/C24H20ClN5/c1-16(19-8-5-9-21(26)14-19)29-30-24-27-22(17-6-3-2-4-7-17)15-23(28-24)18-10-12-20(25)13-11-18/h2-15H,26H2,1H3,(H,27,28,30). The Bertz CT molecular complexity index is 1190. The maximum Gasteiger partial charge on any atom is 0.244 e. The largest absolute Gasteiger partial charge is 0.399 e. The first kappa shape index (κ1) is 19.6. The highest BCUT2D eigenvalue weighted by Gasteiger charge is 2.09. The van der Waals surface area contributed by atoms with Crippen molar-refractivity contribution in [1.82, 2.24) is 9.97 Å². The molecule has 6 heteroatoms. The van der Waals surface area contributed by atoms with E-state index in [0.29, 0.717) is 16.7 Å². The molecule has 148 valence electrons. The number of nitrogens with one attached hydrogen (secondary N) is 1. The lowest BCUT2D eigenvalue weighted by Crippen LogP contribution is -2.04. The number of benzene rings is 3. The number of rotatable bonds is 5. The molecule has 0 aliphatic heterocycles. The lowest BCUT2D eigenvalue weighted by atomic mass is 10.1. The van der Waals surface area contributed by atoms with Crippen LogP contribution in [0.5, 0.6) is 0 Å². The highest BCUT2D eigenvalue weighted by molar-refractivity contribution is 6.30. The molecule has 1 heterocycles. The molecule has 5 nitrogen and oxygen atoms in total. The molecule has 4 aromatic rings. The van der Waals surface area contributed by atoms with E-state index in [4.69, 9.17) is 17.3 Å². The van der Waals surface area contributed by atoms with Crippen molar-refractivity contribution >= 4 is 28.9 Å². The minimum absolute atomic E-state index is 0.407. The van der Waals surface area contributed by atoms with Gasteiger partial charge in [-0.25, -0.2) is 15.4 Å².